The van der Waals surface area contributed by atoms with Gasteiger partial charge in [0.25, 0.3) is 0 Å². The highest BCUT2D eigenvalue weighted by molar-refractivity contribution is 5.91. The fraction of sp³-hybridized carbons (Fsp3) is 0.579. The Labute approximate surface area is 147 Å². The van der Waals surface area contributed by atoms with Crippen LogP contribution in [0.2, 0.25) is 0 Å². The highest BCUT2D eigenvalue weighted by atomic mass is 16.6. The number of fused-ring (bicyclic) bond motifs is 1. The summed E-state index contributed by atoms with van der Waals surface area (Å²) in [6.45, 7) is 6.91. The summed E-state index contributed by atoms with van der Waals surface area (Å²) < 4.78 is 11.0. The van der Waals surface area contributed by atoms with Crippen LogP contribution in [0.5, 0.6) is 0 Å². The molecular weight excluding hydrogens is 324 g/mol. The lowest BCUT2D eigenvalue weighted by atomic mass is 9.85. The molecule has 1 saturated heterocycles. The van der Waals surface area contributed by atoms with Crippen LogP contribution in [0.15, 0.2) is 35.5 Å². The van der Waals surface area contributed by atoms with E-state index in [1.807, 2.05) is 13.0 Å². The summed E-state index contributed by atoms with van der Waals surface area (Å²) >= 11 is 0. The summed E-state index contributed by atoms with van der Waals surface area (Å²) in [6.07, 6.45) is 4.44. The van der Waals surface area contributed by atoms with E-state index in [0.29, 0.717) is 12.8 Å². The molecule has 0 amide bonds. The number of hydrogen-bond acceptors (Lipinski definition) is 6. The maximum atomic E-state index is 12.2. The summed E-state index contributed by atoms with van der Waals surface area (Å²) in [5.41, 5.74) is 2.07. The Kier molecular flexibility index (Phi) is 6.56. The maximum Gasteiger partial charge on any atom is 0.334 e. The number of allylic oxidation sites excluding steroid dienone is 1. The van der Waals surface area contributed by atoms with Gasteiger partial charge in [0.05, 0.1) is 25.0 Å². The minimum atomic E-state index is -0.645. The molecule has 0 aromatic carbocycles. The molecular formula is C19H26O6. The van der Waals surface area contributed by atoms with E-state index >= 15 is 0 Å². The van der Waals surface area contributed by atoms with Gasteiger partial charge >= 0.3 is 11.9 Å². The third kappa shape index (κ3) is 4.58. The average Bonchev–Trinajstić information content (AvgIpc) is 2.86. The Hall–Kier alpha value is -1.92. The number of carbonyl (C=O) groups is 2. The van der Waals surface area contributed by atoms with Gasteiger partial charge in [0.1, 0.15) is 12.2 Å². The summed E-state index contributed by atoms with van der Waals surface area (Å²) in [4.78, 5) is 24.2. The van der Waals surface area contributed by atoms with E-state index in [4.69, 9.17) is 9.47 Å². The van der Waals surface area contributed by atoms with Crippen LogP contribution < -0.4 is 0 Å². The Morgan fingerprint density at radius 3 is 2.84 bits per heavy atom. The van der Waals surface area contributed by atoms with Crippen molar-refractivity contribution in [3.63, 3.8) is 0 Å². The first-order valence-corrected chi connectivity index (χ1v) is 8.54. The number of rotatable bonds is 4. The van der Waals surface area contributed by atoms with E-state index in [2.05, 4.69) is 6.58 Å². The molecule has 1 heterocycles. The SMILES string of the molecule is C=C1C(=O)O[C@@H]2/C=C(/CO)CC/C=C(/C)CC(OC(=O)C(C)CO)C12. The van der Waals surface area contributed by atoms with Gasteiger partial charge in [0.2, 0.25) is 0 Å². The molecule has 0 spiro atoms. The fourth-order valence-corrected chi connectivity index (χ4v) is 3.11. The van der Waals surface area contributed by atoms with Crippen LogP contribution in [0.25, 0.3) is 0 Å². The van der Waals surface area contributed by atoms with Crippen molar-refractivity contribution in [2.45, 2.75) is 45.3 Å². The van der Waals surface area contributed by atoms with Crippen LogP contribution in [-0.4, -0.2) is 47.6 Å². The number of aliphatic hydroxyl groups is 2. The van der Waals surface area contributed by atoms with Crippen LogP contribution in [0.1, 0.15) is 33.1 Å². The van der Waals surface area contributed by atoms with Crippen molar-refractivity contribution < 1.29 is 29.3 Å². The van der Waals surface area contributed by atoms with Crippen LogP contribution in [0.3, 0.4) is 0 Å². The van der Waals surface area contributed by atoms with Gasteiger partial charge in [0, 0.05) is 12.0 Å². The minimum absolute atomic E-state index is 0.119. The van der Waals surface area contributed by atoms with Crippen molar-refractivity contribution in [2.24, 2.45) is 11.8 Å². The third-order valence-corrected chi connectivity index (χ3v) is 4.69. The van der Waals surface area contributed by atoms with Crippen LogP contribution in [0.4, 0.5) is 0 Å². The predicted octanol–water partition coefficient (Wildman–Crippen LogP) is 1.67. The second-order valence-corrected chi connectivity index (χ2v) is 6.76. The van der Waals surface area contributed by atoms with Crippen molar-refractivity contribution in [1.82, 2.24) is 0 Å². The molecule has 138 valence electrons. The van der Waals surface area contributed by atoms with Gasteiger partial charge in [-0.2, -0.15) is 0 Å². The van der Waals surface area contributed by atoms with Crippen molar-refractivity contribution >= 4 is 11.9 Å². The third-order valence-electron chi connectivity index (χ3n) is 4.69. The smallest absolute Gasteiger partial charge is 0.334 e. The molecule has 2 rings (SSSR count). The number of hydrogen-bond donors (Lipinski definition) is 2. The second kappa shape index (κ2) is 8.45. The zero-order valence-corrected chi connectivity index (χ0v) is 14.7. The number of ether oxygens (including phenoxy) is 2. The van der Waals surface area contributed by atoms with E-state index in [9.17, 15) is 19.8 Å². The van der Waals surface area contributed by atoms with E-state index in [1.165, 1.54) is 0 Å². The number of carbonyl (C=O) groups excluding carboxylic acids is 2. The lowest BCUT2D eigenvalue weighted by Crippen LogP contribution is -2.35. The topological polar surface area (TPSA) is 93.1 Å². The van der Waals surface area contributed by atoms with E-state index < -0.39 is 36.0 Å². The van der Waals surface area contributed by atoms with Gasteiger partial charge in [-0.25, -0.2) is 4.79 Å². The van der Waals surface area contributed by atoms with Gasteiger partial charge in [-0.15, -0.1) is 0 Å². The molecule has 4 atom stereocenters. The first-order chi connectivity index (χ1) is 11.9. The molecule has 6 nitrogen and oxygen atoms in total. The molecule has 1 fully saturated rings. The first-order valence-electron chi connectivity index (χ1n) is 8.54. The number of aliphatic hydroxyl groups excluding tert-OH is 2. The zero-order valence-electron chi connectivity index (χ0n) is 14.7. The summed E-state index contributed by atoms with van der Waals surface area (Å²) in [5, 5.41) is 18.7. The van der Waals surface area contributed by atoms with E-state index in [0.717, 1.165) is 17.6 Å². The Balaban J connectivity index is 2.37. The standard InChI is InChI=1S/C19H26O6/c1-11-5-4-6-14(10-21)8-16-17(13(3)19(23)25-16)15(7-11)24-18(22)12(2)9-20/h5,8,12,15-17,20-21H,3-4,6-7,9-10H2,1-2H3/b11-5-,14-8+/t12?,15?,16-,17?/m1/s1. The monoisotopic (exact) mass is 350 g/mol. The Morgan fingerprint density at radius 2 is 2.20 bits per heavy atom. The van der Waals surface area contributed by atoms with Crippen LogP contribution >= 0.6 is 0 Å². The quantitative estimate of drug-likeness (QED) is 0.455. The molecule has 0 radical (unpaired) electrons. The minimum Gasteiger partial charge on any atom is -0.461 e. The predicted molar refractivity (Wildman–Crippen MR) is 91.4 cm³/mol. The Bertz CT molecular complexity index is 603. The highest BCUT2D eigenvalue weighted by Crippen LogP contribution is 2.36. The lowest BCUT2D eigenvalue weighted by molar-refractivity contribution is -0.157. The van der Waals surface area contributed by atoms with Gasteiger partial charge in [-0.1, -0.05) is 18.2 Å². The van der Waals surface area contributed by atoms with Crippen molar-refractivity contribution in [3.05, 3.63) is 35.5 Å². The van der Waals surface area contributed by atoms with Gasteiger partial charge in [0.15, 0.2) is 0 Å². The van der Waals surface area contributed by atoms with Gasteiger partial charge in [-0.3, -0.25) is 4.79 Å². The van der Waals surface area contributed by atoms with Gasteiger partial charge in [-0.05, 0) is 38.3 Å². The first kappa shape index (κ1) is 19.4. The molecule has 1 aliphatic carbocycles. The van der Waals surface area contributed by atoms with E-state index in [-0.39, 0.29) is 18.8 Å². The molecule has 6 heteroatoms. The molecule has 2 aliphatic rings. The molecule has 1 aliphatic heterocycles. The van der Waals surface area contributed by atoms with E-state index in [1.54, 1.807) is 13.0 Å². The average molecular weight is 350 g/mol. The van der Waals surface area contributed by atoms with Crippen molar-refractivity contribution in [1.29, 1.82) is 0 Å². The largest absolute Gasteiger partial charge is 0.461 e. The summed E-state index contributed by atoms with van der Waals surface area (Å²) in [7, 11) is 0. The number of esters is 2. The van der Waals surface area contributed by atoms with Crippen molar-refractivity contribution in [3.8, 4) is 0 Å². The molecule has 2 N–H and O–H groups in total. The molecule has 0 aromatic heterocycles. The molecule has 25 heavy (non-hydrogen) atoms. The maximum absolute atomic E-state index is 12.2. The van der Waals surface area contributed by atoms with Crippen LogP contribution in [-0.2, 0) is 19.1 Å². The van der Waals surface area contributed by atoms with Crippen molar-refractivity contribution in [2.75, 3.05) is 13.2 Å². The highest BCUT2D eigenvalue weighted by Gasteiger charge is 2.44. The molecule has 3 unspecified atom stereocenters. The normalized spacial score (nSPS) is 32.6. The van der Waals surface area contributed by atoms with Gasteiger partial charge < -0.3 is 19.7 Å². The molecule has 0 aromatic rings. The Morgan fingerprint density at radius 1 is 1.48 bits per heavy atom. The molecule has 0 saturated carbocycles. The van der Waals surface area contributed by atoms with Crippen LogP contribution in [0, 0.1) is 11.8 Å². The molecule has 0 bridgehead atoms. The lowest BCUT2D eigenvalue weighted by Gasteiger charge is -2.28. The summed E-state index contributed by atoms with van der Waals surface area (Å²) in [6, 6.07) is 0. The summed E-state index contributed by atoms with van der Waals surface area (Å²) in [5.74, 6) is -2.19. The second-order valence-electron chi connectivity index (χ2n) is 6.76. The zero-order chi connectivity index (χ0) is 18.6. The fourth-order valence-electron chi connectivity index (χ4n) is 3.11.